The van der Waals surface area contributed by atoms with Crippen molar-refractivity contribution < 1.29 is 14.0 Å². The minimum Gasteiger partial charge on any atom is -0.361 e. The lowest BCUT2D eigenvalue weighted by Crippen LogP contribution is -2.43. The molecular formula is C25H30FN3O2. The van der Waals surface area contributed by atoms with Crippen LogP contribution in [-0.2, 0) is 22.6 Å². The molecule has 1 aromatic heterocycles. The highest BCUT2D eigenvalue weighted by molar-refractivity contribution is 5.84. The third-order valence-electron chi connectivity index (χ3n) is 5.32. The Bertz CT molecular complexity index is 1030. The van der Waals surface area contributed by atoms with Crippen LogP contribution in [0.15, 0.2) is 54.7 Å². The van der Waals surface area contributed by atoms with Crippen molar-refractivity contribution in [1.29, 1.82) is 0 Å². The summed E-state index contributed by atoms with van der Waals surface area (Å²) < 4.78 is 13.3. The van der Waals surface area contributed by atoms with Crippen LogP contribution in [0.1, 0.15) is 31.9 Å². The summed E-state index contributed by atoms with van der Waals surface area (Å²) in [5.74, 6) is -0.256. The molecule has 31 heavy (non-hydrogen) atoms. The Morgan fingerprint density at radius 1 is 1.03 bits per heavy atom. The SMILES string of the molecule is CC(=O)N(CC(=O)N(CCc1c[nH]c2ccccc12)Cc1ccc(F)cc1)CC(C)C. The minimum atomic E-state index is -0.305. The van der Waals surface area contributed by atoms with Gasteiger partial charge in [0.2, 0.25) is 11.8 Å². The Kier molecular flexibility index (Phi) is 7.45. The van der Waals surface area contributed by atoms with Crippen LogP contribution in [-0.4, -0.2) is 46.2 Å². The first-order chi connectivity index (χ1) is 14.8. The average Bonchev–Trinajstić information content (AvgIpc) is 3.14. The second-order valence-corrected chi connectivity index (χ2v) is 8.34. The molecule has 0 radical (unpaired) electrons. The van der Waals surface area contributed by atoms with Gasteiger partial charge in [0, 0.05) is 43.7 Å². The second kappa shape index (κ2) is 10.2. The Morgan fingerprint density at radius 3 is 2.42 bits per heavy atom. The Morgan fingerprint density at radius 2 is 1.74 bits per heavy atom. The fraction of sp³-hybridized carbons (Fsp3) is 0.360. The normalized spacial score (nSPS) is 11.1. The first kappa shape index (κ1) is 22.5. The number of H-pyrrole nitrogens is 1. The quantitative estimate of drug-likeness (QED) is 0.555. The van der Waals surface area contributed by atoms with E-state index in [1.165, 1.54) is 19.1 Å². The molecule has 0 spiro atoms. The molecule has 0 aliphatic heterocycles. The highest BCUT2D eigenvalue weighted by atomic mass is 19.1. The molecular weight excluding hydrogens is 393 g/mol. The lowest BCUT2D eigenvalue weighted by Gasteiger charge is -2.28. The number of nitrogens with zero attached hydrogens (tertiary/aromatic N) is 2. The zero-order valence-electron chi connectivity index (χ0n) is 18.4. The van der Waals surface area contributed by atoms with Crippen LogP contribution < -0.4 is 0 Å². The molecule has 0 aliphatic rings. The van der Waals surface area contributed by atoms with E-state index in [9.17, 15) is 14.0 Å². The number of rotatable bonds is 9. The van der Waals surface area contributed by atoms with Crippen molar-refractivity contribution in [2.75, 3.05) is 19.6 Å². The number of fused-ring (bicyclic) bond motifs is 1. The predicted molar refractivity (Wildman–Crippen MR) is 121 cm³/mol. The molecule has 2 amide bonds. The zero-order valence-corrected chi connectivity index (χ0v) is 18.4. The van der Waals surface area contributed by atoms with E-state index in [0.29, 0.717) is 26.1 Å². The summed E-state index contributed by atoms with van der Waals surface area (Å²) >= 11 is 0. The van der Waals surface area contributed by atoms with Crippen LogP contribution in [0.4, 0.5) is 4.39 Å². The van der Waals surface area contributed by atoms with Crippen molar-refractivity contribution in [2.24, 2.45) is 5.92 Å². The maximum atomic E-state index is 13.3. The molecule has 0 saturated carbocycles. The minimum absolute atomic E-state index is 0.0442. The van der Waals surface area contributed by atoms with Gasteiger partial charge < -0.3 is 14.8 Å². The average molecular weight is 424 g/mol. The number of hydrogen-bond donors (Lipinski definition) is 1. The van der Waals surface area contributed by atoms with Gasteiger partial charge in [-0.2, -0.15) is 0 Å². The summed E-state index contributed by atoms with van der Waals surface area (Å²) in [6.07, 6.45) is 2.66. The Balaban J connectivity index is 1.77. The summed E-state index contributed by atoms with van der Waals surface area (Å²) in [6.45, 7) is 6.99. The van der Waals surface area contributed by atoms with Crippen LogP contribution in [0.3, 0.4) is 0 Å². The maximum Gasteiger partial charge on any atom is 0.242 e. The first-order valence-corrected chi connectivity index (χ1v) is 10.7. The van der Waals surface area contributed by atoms with E-state index in [2.05, 4.69) is 11.1 Å². The molecule has 5 nitrogen and oxygen atoms in total. The van der Waals surface area contributed by atoms with Crippen molar-refractivity contribution in [3.63, 3.8) is 0 Å². The summed E-state index contributed by atoms with van der Waals surface area (Å²) in [6, 6.07) is 14.3. The molecule has 3 aromatic rings. The van der Waals surface area contributed by atoms with Crippen molar-refractivity contribution >= 4 is 22.7 Å². The van der Waals surface area contributed by atoms with Crippen LogP contribution in [0.25, 0.3) is 10.9 Å². The summed E-state index contributed by atoms with van der Waals surface area (Å²) in [4.78, 5) is 31.8. The lowest BCUT2D eigenvalue weighted by atomic mass is 10.1. The molecule has 2 aromatic carbocycles. The third-order valence-corrected chi connectivity index (χ3v) is 5.32. The van der Waals surface area contributed by atoms with Gasteiger partial charge in [-0.1, -0.05) is 44.2 Å². The van der Waals surface area contributed by atoms with Crippen LogP contribution >= 0.6 is 0 Å². The van der Waals surface area contributed by atoms with E-state index in [1.807, 2.05) is 38.2 Å². The van der Waals surface area contributed by atoms with Gasteiger partial charge in [0.05, 0.1) is 6.54 Å². The van der Waals surface area contributed by atoms with Crippen LogP contribution in [0.5, 0.6) is 0 Å². The third kappa shape index (κ3) is 6.17. The van der Waals surface area contributed by atoms with E-state index in [4.69, 9.17) is 0 Å². The van der Waals surface area contributed by atoms with Gasteiger partial charge in [-0.05, 0) is 41.7 Å². The van der Waals surface area contributed by atoms with Crippen molar-refractivity contribution in [3.05, 3.63) is 71.7 Å². The molecule has 0 fully saturated rings. The molecule has 1 N–H and O–H groups in total. The van der Waals surface area contributed by atoms with E-state index >= 15 is 0 Å². The van der Waals surface area contributed by atoms with Gasteiger partial charge >= 0.3 is 0 Å². The van der Waals surface area contributed by atoms with Gasteiger partial charge in [-0.25, -0.2) is 4.39 Å². The lowest BCUT2D eigenvalue weighted by molar-refractivity contribution is -0.140. The molecule has 3 rings (SSSR count). The summed E-state index contributed by atoms with van der Waals surface area (Å²) in [5, 5.41) is 1.14. The second-order valence-electron chi connectivity index (χ2n) is 8.34. The summed E-state index contributed by atoms with van der Waals surface area (Å²) in [7, 11) is 0. The zero-order chi connectivity index (χ0) is 22.4. The smallest absolute Gasteiger partial charge is 0.242 e. The number of aromatic amines is 1. The highest BCUT2D eigenvalue weighted by Crippen LogP contribution is 2.19. The number of hydrogen-bond acceptors (Lipinski definition) is 2. The number of nitrogens with one attached hydrogen (secondary N) is 1. The fourth-order valence-corrected chi connectivity index (χ4v) is 3.70. The number of aromatic nitrogens is 1. The highest BCUT2D eigenvalue weighted by Gasteiger charge is 2.20. The number of carbonyl (C=O) groups excluding carboxylic acids is 2. The molecule has 0 unspecified atom stereocenters. The Hall–Kier alpha value is -3.15. The monoisotopic (exact) mass is 423 g/mol. The van der Waals surface area contributed by atoms with Gasteiger partial charge in [0.15, 0.2) is 0 Å². The molecule has 0 bridgehead atoms. The van der Waals surface area contributed by atoms with Gasteiger partial charge in [-0.3, -0.25) is 9.59 Å². The predicted octanol–water partition coefficient (Wildman–Crippen LogP) is 4.38. The first-order valence-electron chi connectivity index (χ1n) is 10.7. The van der Waals surface area contributed by atoms with E-state index in [-0.39, 0.29) is 30.1 Å². The van der Waals surface area contributed by atoms with Crippen molar-refractivity contribution in [2.45, 2.75) is 33.7 Å². The van der Waals surface area contributed by atoms with Crippen molar-refractivity contribution in [3.8, 4) is 0 Å². The maximum absolute atomic E-state index is 13.3. The molecule has 6 heteroatoms. The molecule has 164 valence electrons. The molecule has 0 atom stereocenters. The molecule has 0 aliphatic carbocycles. The van der Waals surface area contributed by atoms with Gasteiger partial charge in [0.1, 0.15) is 5.82 Å². The van der Waals surface area contributed by atoms with E-state index < -0.39 is 0 Å². The molecule has 1 heterocycles. The largest absolute Gasteiger partial charge is 0.361 e. The Labute approximate surface area is 182 Å². The van der Waals surface area contributed by atoms with Gasteiger partial charge in [0.25, 0.3) is 0 Å². The molecule has 0 saturated heterocycles. The number of amides is 2. The van der Waals surface area contributed by atoms with Crippen LogP contribution in [0, 0.1) is 11.7 Å². The number of halogens is 1. The number of para-hydroxylation sites is 1. The van der Waals surface area contributed by atoms with Crippen molar-refractivity contribution in [1.82, 2.24) is 14.8 Å². The summed E-state index contributed by atoms with van der Waals surface area (Å²) in [5.41, 5.74) is 3.05. The van der Waals surface area contributed by atoms with E-state index in [1.54, 1.807) is 21.9 Å². The number of benzene rings is 2. The topological polar surface area (TPSA) is 56.4 Å². The van der Waals surface area contributed by atoms with E-state index in [0.717, 1.165) is 22.0 Å². The fourth-order valence-electron chi connectivity index (χ4n) is 3.70. The number of carbonyl (C=O) groups is 2. The standard InChI is InChI=1S/C25H30FN3O2/c1-18(2)15-29(19(3)30)17-25(31)28(16-20-8-10-22(26)11-9-20)13-12-21-14-27-24-7-5-4-6-23(21)24/h4-11,14,18,27H,12-13,15-17H2,1-3H3. The van der Waals surface area contributed by atoms with Gasteiger partial charge in [-0.15, -0.1) is 0 Å². The van der Waals surface area contributed by atoms with Crippen LogP contribution in [0.2, 0.25) is 0 Å².